The van der Waals surface area contributed by atoms with Gasteiger partial charge in [-0.05, 0) is 28.9 Å². The summed E-state index contributed by atoms with van der Waals surface area (Å²) in [5, 5.41) is 10.4. The van der Waals surface area contributed by atoms with E-state index < -0.39 is 0 Å². The summed E-state index contributed by atoms with van der Waals surface area (Å²) in [6.07, 6.45) is 10.0. The molecule has 0 bridgehead atoms. The Kier molecular flexibility index (Phi) is 13.6. The van der Waals surface area contributed by atoms with Gasteiger partial charge in [0.2, 0.25) is 0 Å². The third-order valence-corrected chi connectivity index (χ3v) is 3.46. The minimum Gasteiger partial charge on any atom is -1.00 e. The minimum absolute atomic E-state index is 0. The molecule has 2 rings (SSSR count). The number of halogens is 2. The van der Waals surface area contributed by atoms with Crippen LogP contribution in [0.1, 0.15) is 64.7 Å². The van der Waals surface area contributed by atoms with Crippen molar-refractivity contribution in [3.05, 3.63) is 53.1 Å². The number of benzene rings is 1. The van der Waals surface area contributed by atoms with Crippen molar-refractivity contribution in [3.8, 4) is 5.75 Å². The topological polar surface area (TPSA) is 20.2 Å². The van der Waals surface area contributed by atoms with Crippen LogP contribution in [0.3, 0.4) is 0 Å². The summed E-state index contributed by atoms with van der Waals surface area (Å²) in [6.45, 7) is 14.9. The Labute approximate surface area is 175 Å². The van der Waals surface area contributed by atoms with Crippen LogP contribution in [-0.4, -0.2) is 5.11 Å². The largest absolute Gasteiger partial charge is 3.00 e. The standard InChI is InChI=1S/C15H24O.C5H5.2ClH.Ti/c1-10-8-11(14(2,3)4)13(16)12(9-10)15(5,6)7;1-2-4-5-3-1;;;/h8-9,16H,1-7H3;1-3H,4H2;2*1H;/q;-1;;;+3/p-2. The van der Waals surface area contributed by atoms with E-state index in [0.717, 1.165) is 17.5 Å². The number of phenolic OH excluding ortho intramolecular Hbond substituents is 1. The molecule has 1 aliphatic rings. The van der Waals surface area contributed by atoms with E-state index in [2.05, 4.69) is 72.8 Å². The van der Waals surface area contributed by atoms with Crippen LogP contribution in [0.25, 0.3) is 0 Å². The Balaban J connectivity index is -0.000000475. The zero-order valence-electron chi connectivity index (χ0n) is 15.8. The van der Waals surface area contributed by atoms with Gasteiger partial charge in [0.25, 0.3) is 0 Å². The number of allylic oxidation sites excluding steroid dienone is 4. The summed E-state index contributed by atoms with van der Waals surface area (Å²) in [7, 11) is 0. The first-order valence-electron chi connectivity index (χ1n) is 7.60. The average Bonchev–Trinajstić information content (AvgIpc) is 2.87. The van der Waals surface area contributed by atoms with Gasteiger partial charge in [-0.1, -0.05) is 59.2 Å². The monoisotopic (exact) mass is 403 g/mol. The molecule has 0 saturated carbocycles. The van der Waals surface area contributed by atoms with Crippen molar-refractivity contribution >= 4 is 0 Å². The molecule has 1 N–H and O–H groups in total. The van der Waals surface area contributed by atoms with Crippen LogP contribution in [0, 0.1) is 13.0 Å². The minimum atomic E-state index is -0.0178. The van der Waals surface area contributed by atoms with E-state index in [1.165, 1.54) is 5.56 Å². The smallest absolute Gasteiger partial charge is 1.00 e. The zero-order valence-corrected chi connectivity index (χ0v) is 18.9. The van der Waals surface area contributed by atoms with E-state index in [1.54, 1.807) is 0 Å². The maximum atomic E-state index is 10.4. The van der Waals surface area contributed by atoms with Crippen molar-refractivity contribution in [2.24, 2.45) is 0 Å². The fourth-order valence-corrected chi connectivity index (χ4v) is 2.26. The molecule has 0 saturated heterocycles. The van der Waals surface area contributed by atoms with Gasteiger partial charge in [0.15, 0.2) is 0 Å². The van der Waals surface area contributed by atoms with Crippen LogP contribution >= 0.6 is 0 Å². The van der Waals surface area contributed by atoms with Gasteiger partial charge >= 0.3 is 21.7 Å². The van der Waals surface area contributed by atoms with Crippen molar-refractivity contribution in [3.63, 3.8) is 0 Å². The molecule has 0 amide bonds. The number of aromatic hydroxyl groups is 1. The van der Waals surface area contributed by atoms with Crippen molar-refractivity contribution in [2.75, 3.05) is 0 Å². The number of aryl methyl sites for hydroxylation is 1. The number of hydrogen-bond acceptors (Lipinski definition) is 1. The Morgan fingerprint density at radius 1 is 0.917 bits per heavy atom. The maximum absolute atomic E-state index is 10.4. The summed E-state index contributed by atoms with van der Waals surface area (Å²) >= 11 is 0. The van der Waals surface area contributed by atoms with E-state index in [4.69, 9.17) is 0 Å². The van der Waals surface area contributed by atoms with Gasteiger partial charge in [0.05, 0.1) is 0 Å². The Morgan fingerprint density at radius 3 is 1.54 bits per heavy atom. The van der Waals surface area contributed by atoms with Crippen LogP contribution in [0.15, 0.2) is 30.4 Å². The van der Waals surface area contributed by atoms with Crippen LogP contribution in [0.5, 0.6) is 5.75 Å². The molecule has 0 aromatic heterocycles. The summed E-state index contributed by atoms with van der Waals surface area (Å²) in [6, 6.07) is 4.18. The molecule has 0 spiro atoms. The first-order chi connectivity index (χ1) is 9.53. The molecule has 0 unspecified atom stereocenters. The maximum Gasteiger partial charge on any atom is 3.00 e. The predicted molar refractivity (Wildman–Crippen MR) is 91.8 cm³/mol. The van der Waals surface area contributed by atoms with Crippen LogP contribution in [0.4, 0.5) is 0 Å². The molecule has 1 nitrogen and oxygen atoms in total. The van der Waals surface area contributed by atoms with Gasteiger partial charge in [-0.2, -0.15) is 6.08 Å². The summed E-state index contributed by atoms with van der Waals surface area (Å²) in [5.74, 6) is 0.464. The summed E-state index contributed by atoms with van der Waals surface area (Å²) < 4.78 is 0. The first-order valence-corrected chi connectivity index (χ1v) is 7.60. The SMILES string of the molecule is Cc1cc(C(C)(C)C)c(O)c(C(C)(C)C)c1.[C-]1=CC=CC1.[Cl-].[Cl-].[Ti+3]. The predicted octanol–water partition coefficient (Wildman–Crippen LogP) is -0.393. The molecule has 0 aliphatic heterocycles. The van der Waals surface area contributed by atoms with Crippen LogP contribution < -0.4 is 24.8 Å². The molecular weight excluding hydrogens is 375 g/mol. The van der Waals surface area contributed by atoms with Crippen molar-refractivity contribution in [2.45, 2.75) is 65.7 Å². The van der Waals surface area contributed by atoms with Crippen molar-refractivity contribution in [1.29, 1.82) is 0 Å². The molecule has 0 heterocycles. The molecule has 1 aliphatic carbocycles. The molecule has 1 aromatic rings. The van der Waals surface area contributed by atoms with Crippen molar-refractivity contribution < 1.29 is 51.6 Å². The molecule has 0 fully saturated rings. The van der Waals surface area contributed by atoms with Crippen molar-refractivity contribution in [1.82, 2.24) is 0 Å². The van der Waals surface area contributed by atoms with Gasteiger partial charge in [-0.3, -0.25) is 6.08 Å². The van der Waals surface area contributed by atoms with E-state index in [-0.39, 0.29) is 57.4 Å². The Morgan fingerprint density at radius 2 is 1.33 bits per heavy atom. The molecular formula is C20H29Cl2OTi. The summed E-state index contributed by atoms with van der Waals surface area (Å²) in [4.78, 5) is 0. The fourth-order valence-electron chi connectivity index (χ4n) is 2.26. The third-order valence-electron chi connectivity index (χ3n) is 3.46. The molecule has 133 valence electrons. The van der Waals surface area contributed by atoms with Crippen LogP contribution in [0.2, 0.25) is 0 Å². The first kappa shape index (κ1) is 28.6. The molecule has 24 heavy (non-hydrogen) atoms. The number of hydrogen-bond donors (Lipinski definition) is 1. The van der Waals surface area contributed by atoms with Gasteiger partial charge in [0, 0.05) is 0 Å². The van der Waals surface area contributed by atoms with Gasteiger partial charge in [-0.25, -0.2) is 12.2 Å². The number of phenols is 1. The molecule has 1 aromatic carbocycles. The van der Waals surface area contributed by atoms with E-state index in [9.17, 15) is 5.11 Å². The zero-order chi connectivity index (χ0) is 16.3. The second kappa shape index (κ2) is 11.4. The third kappa shape index (κ3) is 8.76. The van der Waals surface area contributed by atoms with E-state index >= 15 is 0 Å². The van der Waals surface area contributed by atoms with E-state index in [1.807, 2.05) is 12.2 Å². The Hall–Kier alpha value is -0.206. The van der Waals surface area contributed by atoms with E-state index in [0.29, 0.717) is 5.75 Å². The molecule has 4 heteroatoms. The summed E-state index contributed by atoms with van der Waals surface area (Å²) in [5.41, 5.74) is 3.26. The molecule has 0 atom stereocenters. The second-order valence-corrected chi connectivity index (χ2v) is 7.71. The molecule has 1 radical (unpaired) electrons. The fraction of sp³-hybridized carbons (Fsp3) is 0.500. The van der Waals surface area contributed by atoms with Gasteiger partial charge < -0.3 is 29.9 Å². The quantitative estimate of drug-likeness (QED) is 0.462. The normalized spacial score (nSPS) is 12.3. The number of rotatable bonds is 0. The average molecular weight is 404 g/mol. The van der Waals surface area contributed by atoms with Crippen LogP contribution in [-0.2, 0) is 32.5 Å². The van der Waals surface area contributed by atoms with Gasteiger partial charge in [-0.15, -0.1) is 6.42 Å². The second-order valence-electron chi connectivity index (χ2n) is 7.71. The van der Waals surface area contributed by atoms with Gasteiger partial charge in [0.1, 0.15) is 5.75 Å². The Bertz CT molecular complexity index is 505.